The third-order valence-electron chi connectivity index (χ3n) is 5.22. The van der Waals surface area contributed by atoms with E-state index in [0.717, 1.165) is 15.8 Å². The highest BCUT2D eigenvalue weighted by molar-refractivity contribution is 7.16. The van der Waals surface area contributed by atoms with Gasteiger partial charge in [0, 0.05) is 17.7 Å². The summed E-state index contributed by atoms with van der Waals surface area (Å²) in [4.78, 5) is 30.0. The van der Waals surface area contributed by atoms with Crippen LogP contribution in [0.3, 0.4) is 0 Å². The van der Waals surface area contributed by atoms with Crippen LogP contribution in [0.2, 0.25) is 0 Å². The fourth-order valence-electron chi connectivity index (χ4n) is 3.56. The molecule has 1 heterocycles. The van der Waals surface area contributed by atoms with Crippen LogP contribution < -0.4 is 14.3 Å². The second-order valence-corrected chi connectivity index (χ2v) is 8.32. The van der Waals surface area contributed by atoms with Crippen molar-refractivity contribution in [1.29, 1.82) is 0 Å². The van der Waals surface area contributed by atoms with Crippen LogP contribution in [0.4, 0.5) is 0 Å². The molecule has 0 radical (unpaired) electrons. The number of esters is 1. The Bertz CT molecular complexity index is 1390. The Morgan fingerprint density at radius 1 is 0.912 bits per heavy atom. The van der Waals surface area contributed by atoms with Crippen LogP contribution >= 0.6 is 11.3 Å². The summed E-state index contributed by atoms with van der Waals surface area (Å²) in [5.41, 5.74) is 3.23. The van der Waals surface area contributed by atoms with E-state index in [4.69, 9.17) is 14.2 Å². The van der Waals surface area contributed by atoms with Crippen LogP contribution in [-0.4, -0.2) is 37.3 Å². The van der Waals surface area contributed by atoms with Gasteiger partial charge in [-0.05, 0) is 30.2 Å². The molecule has 7 nitrogen and oxygen atoms in total. The number of rotatable bonds is 7. The van der Waals surface area contributed by atoms with E-state index in [1.165, 1.54) is 11.3 Å². The highest BCUT2D eigenvalue weighted by Gasteiger charge is 2.16. The predicted molar refractivity (Wildman–Crippen MR) is 131 cm³/mol. The van der Waals surface area contributed by atoms with Crippen molar-refractivity contribution in [2.24, 2.45) is 4.99 Å². The number of ether oxygens (including phenoxy) is 3. The molecule has 0 bridgehead atoms. The minimum atomic E-state index is -0.418. The Morgan fingerprint density at radius 2 is 1.56 bits per heavy atom. The summed E-state index contributed by atoms with van der Waals surface area (Å²) < 4.78 is 18.4. The summed E-state index contributed by atoms with van der Waals surface area (Å²) in [5.74, 6) is 0.245. The van der Waals surface area contributed by atoms with Crippen molar-refractivity contribution in [2.45, 2.75) is 13.5 Å². The standard InChI is InChI=1S/C26H24N2O5S/c1-4-33-24(29)16-28-20-14-21(31-2)22(32-3)15-23(20)34-26(28)27-25(30)19-12-10-18(11-13-19)17-8-6-5-7-9-17/h5-15H,4,16H2,1-3H3. The highest BCUT2D eigenvalue weighted by Crippen LogP contribution is 2.33. The molecular weight excluding hydrogens is 452 g/mol. The van der Waals surface area contributed by atoms with Gasteiger partial charge in [0.2, 0.25) is 0 Å². The highest BCUT2D eigenvalue weighted by atomic mass is 32.1. The van der Waals surface area contributed by atoms with Gasteiger partial charge in [0.25, 0.3) is 5.91 Å². The van der Waals surface area contributed by atoms with Crippen molar-refractivity contribution in [3.63, 3.8) is 0 Å². The quantitative estimate of drug-likeness (QED) is 0.362. The molecule has 0 spiro atoms. The summed E-state index contributed by atoms with van der Waals surface area (Å²) in [6.07, 6.45) is 0. The normalized spacial score (nSPS) is 11.4. The minimum absolute atomic E-state index is 0.0810. The number of thiazole rings is 1. The average Bonchev–Trinajstić information content (AvgIpc) is 3.19. The van der Waals surface area contributed by atoms with Crippen LogP contribution in [0.25, 0.3) is 21.3 Å². The molecule has 0 aliphatic rings. The zero-order chi connectivity index (χ0) is 24.1. The lowest BCUT2D eigenvalue weighted by Crippen LogP contribution is -2.23. The zero-order valence-electron chi connectivity index (χ0n) is 19.1. The average molecular weight is 477 g/mol. The van der Waals surface area contributed by atoms with Crippen molar-refractivity contribution >= 4 is 33.4 Å². The molecule has 0 fully saturated rings. The van der Waals surface area contributed by atoms with E-state index in [0.29, 0.717) is 27.4 Å². The lowest BCUT2D eigenvalue weighted by atomic mass is 10.0. The first-order valence-corrected chi connectivity index (χ1v) is 11.5. The van der Waals surface area contributed by atoms with Gasteiger partial charge >= 0.3 is 5.97 Å². The number of hydrogen-bond donors (Lipinski definition) is 0. The molecule has 0 N–H and O–H groups in total. The van der Waals surface area contributed by atoms with E-state index in [1.54, 1.807) is 50.0 Å². The maximum atomic E-state index is 13.0. The Kier molecular flexibility index (Phi) is 7.08. The number of carbonyl (C=O) groups is 2. The first kappa shape index (κ1) is 23.3. The summed E-state index contributed by atoms with van der Waals surface area (Å²) in [5, 5.41) is 0. The maximum Gasteiger partial charge on any atom is 0.326 e. The van der Waals surface area contributed by atoms with Gasteiger partial charge in [0.05, 0.1) is 31.0 Å². The number of aromatic nitrogens is 1. The lowest BCUT2D eigenvalue weighted by molar-refractivity contribution is -0.143. The Hall–Kier alpha value is -3.91. The molecule has 1 aromatic heterocycles. The van der Waals surface area contributed by atoms with Crippen LogP contribution in [0.15, 0.2) is 71.7 Å². The van der Waals surface area contributed by atoms with Gasteiger partial charge in [-0.25, -0.2) is 0 Å². The minimum Gasteiger partial charge on any atom is -0.493 e. The molecule has 0 aliphatic heterocycles. The molecule has 34 heavy (non-hydrogen) atoms. The first-order chi connectivity index (χ1) is 16.5. The second-order valence-electron chi connectivity index (χ2n) is 7.31. The SMILES string of the molecule is CCOC(=O)Cn1c(=NC(=O)c2ccc(-c3ccccc3)cc2)sc2cc(OC)c(OC)cc21. The Balaban J connectivity index is 1.76. The van der Waals surface area contributed by atoms with Crippen LogP contribution in [0, 0.1) is 0 Å². The van der Waals surface area contributed by atoms with Crippen molar-refractivity contribution in [1.82, 2.24) is 4.57 Å². The van der Waals surface area contributed by atoms with Crippen molar-refractivity contribution < 1.29 is 23.8 Å². The molecule has 0 aliphatic carbocycles. The third kappa shape index (κ3) is 4.87. The Labute approximate surface area is 200 Å². The van der Waals surface area contributed by atoms with Crippen LogP contribution in [0.1, 0.15) is 17.3 Å². The van der Waals surface area contributed by atoms with Gasteiger partial charge in [0.15, 0.2) is 16.3 Å². The van der Waals surface area contributed by atoms with E-state index in [1.807, 2.05) is 42.5 Å². The summed E-state index contributed by atoms with van der Waals surface area (Å²) in [6.45, 7) is 1.93. The number of benzene rings is 3. The zero-order valence-corrected chi connectivity index (χ0v) is 19.9. The fourth-order valence-corrected chi connectivity index (χ4v) is 4.60. The number of fused-ring (bicyclic) bond motifs is 1. The molecule has 0 saturated carbocycles. The smallest absolute Gasteiger partial charge is 0.326 e. The molecule has 0 unspecified atom stereocenters. The summed E-state index contributed by atoms with van der Waals surface area (Å²) in [6, 6.07) is 20.8. The van der Waals surface area contributed by atoms with Gasteiger partial charge in [-0.2, -0.15) is 4.99 Å². The molecule has 4 rings (SSSR count). The number of hydrogen-bond acceptors (Lipinski definition) is 6. The van der Waals surface area contributed by atoms with E-state index in [9.17, 15) is 9.59 Å². The van der Waals surface area contributed by atoms with Crippen molar-refractivity contribution in [3.05, 3.63) is 77.1 Å². The summed E-state index contributed by atoms with van der Waals surface area (Å²) in [7, 11) is 3.09. The van der Waals surface area contributed by atoms with E-state index in [2.05, 4.69) is 4.99 Å². The Morgan fingerprint density at radius 3 is 2.21 bits per heavy atom. The fraction of sp³-hybridized carbons (Fsp3) is 0.192. The lowest BCUT2D eigenvalue weighted by Gasteiger charge is -2.09. The van der Waals surface area contributed by atoms with Gasteiger partial charge in [0.1, 0.15) is 6.54 Å². The third-order valence-corrected chi connectivity index (χ3v) is 6.26. The monoisotopic (exact) mass is 476 g/mol. The van der Waals surface area contributed by atoms with Crippen LogP contribution in [-0.2, 0) is 16.1 Å². The van der Waals surface area contributed by atoms with E-state index in [-0.39, 0.29) is 13.2 Å². The number of methoxy groups -OCH3 is 2. The van der Waals surface area contributed by atoms with Gasteiger partial charge in [-0.15, -0.1) is 0 Å². The largest absolute Gasteiger partial charge is 0.493 e. The topological polar surface area (TPSA) is 79.1 Å². The molecule has 174 valence electrons. The molecule has 8 heteroatoms. The predicted octanol–water partition coefficient (Wildman–Crippen LogP) is 4.69. The molecule has 4 aromatic rings. The van der Waals surface area contributed by atoms with E-state index < -0.39 is 11.9 Å². The maximum absolute atomic E-state index is 13.0. The van der Waals surface area contributed by atoms with Gasteiger partial charge in [-0.1, -0.05) is 53.8 Å². The second kappa shape index (κ2) is 10.4. The van der Waals surface area contributed by atoms with Crippen molar-refractivity contribution in [2.75, 3.05) is 20.8 Å². The van der Waals surface area contributed by atoms with Gasteiger partial charge < -0.3 is 18.8 Å². The van der Waals surface area contributed by atoms with E-state index >= 15 is 0 Å². The molecular formula is C26H24N2O5S. The number of carbonyl (C=O) groups excluding carboxylic acids is 2. The van der Waals surface area contributed by atoms with Gasteiger partial charge in [-0.3, -0.25) is 9.59 Å². The first-order valence-electron chi connectivity index (χ1n) is 10.7. The molecule has 1 amide bonds. The number of nitrogens with zero attached hydrogens (tertiary/aromatic N) is 2. The number of amides is 1. The molecule has 0 saturated heterocycles. The van der Waals surface area contributed by atoms with Crippen molar-refractivity contribution in [3.8, 4) is 22.6 Å². The van der Waals surface area contributed by atoms with Crippen LogP contribution in [0.5, 0.6) is 11.5 Å². The molecule has 3 aromatic carbocycles. The summed E-state index contributed by atoms with van der Waals surface area (Å²) >= 11 is 1.29. The molecule has 0 atom stereocenters.